The SMILES string of the molecule is CSc1ncc2cc(-c3ccccc3Cl)c(=O)n(N)c2n1. The number of hydrogen-bond donors (Lipinski definition) is 1. The van der Waals surface area contributed by atoms with Gasteiger partial charge in [-0.25, -0.2) is 14.6 Å². The second-order valence-corrected chi connectivity index (χ2v) is 5.53. The molecule has 0 fully saturated rings. The van der Waals surface area contributed by atoms with E-state index < -0.39 is 0 Å². The van der Waals surface area contributed by atoms with Gasteiger partial charge in [0.25, 0.3) is 5.56 Å². The van der Waals surface area contributed by atoms with E-state index >= 15 is 0 Å². The first-order chi connectivity index (χ1) is 10.1. The molecule has 1 aromatic carbocycles. The Morgan fingerprint density at radius 1 is 1.29 bits per heavy atom. The zero-order valence-corrected chi connectivity index (χ0v) is 12.6. The number of nitrogen functional groups attached to an aromatic ring is 1. The van der Waals surface area contributed by atoms with Crippen molar-refractivity contribution in [3.05, 3.63) is 51.9 Å². The average molecular weight is 319 g/mol. The monoisotopic (exact) mass is 318 g/mol. The topological polar surface area (TPSA) is 73.8 Å². The van der Waals surface area contributed by atoms with E-state index in [-0.39, 0.29) is 5.56 Å². The summed E-state index contributed by atoms with van der Waals surface area (Å²) in [6.07, 6.45) is 3.51. The molecule has 0 aliphatic heterocycles. The normalized spacial score (nSPS) is 11.0. The van der Waals surface area contributed by atoms with Crippen molar-refractivity contribution in [2.75, 3.05) is 12.1 Å². The van der Waals surface area contributed by atoms with Gasteiger partial charge in [-0.05, 0) is 18.4 Å². The molecule has 7 heteroatoms. The molecule has 21 heavy (non-hydrogen) atoms. The Morgan fingerprint density at radius 3 is 2.76 bits per heavy atom. The fourth-order valence-electron chi connectivity index (χ4n) is 2.08. The summed E-state index contributed by atoms with van der Waals surface area (Å²) in [6.45, 7) is 0. The Kier molecular flexibility index (Phi) is 3.57. The van der Waals surface area contributed by atoms with Crippen molar-refractivity contribution in [3.8, 4) is 11.1 Å². The molecule has 106 valence electrons. The minimum atomic E-state index is -0.346. The zero-order valence-electron chi connectivity index (χ0n) is 11.1. The number of hydrogen-bond acceptors (Lipinski definition) is 5. The van der Waals surface area contributed by atoms with Crippen molar-refractivity contribution in [1.82, 2.24) is 14.6 Å². The molecular weight excluding hydrogens is 308 g/mol. The van der Waals surface area contributed by atoms with Gasteiger partial charge in [-0.2, -0.15) is 0 Å². The lowest BCUT2D eigenvalue weighted by molar-refractivity contribution is 0.913. The van der Waals surface area contributed by atoms with Gasteiger partial charge in [0.1, 0.15) is 0 Å². The largest absolute Gasteiger partial charge is 0.334 e. The highest BCUT2D eigenvalue weighted by Gasteiger charge is 2.13. The van der Waals surface area contributed by atoms with Crippen LogP contribution in [-0.4, -0.2) is 20.9 Å². The molecule has 0 spiro atoms. The summed E-state index contributed by atoms with van der Waals surface area (Å²) in [4.78, 5) is 20.9. The van der Waals surface area contributed by atoms with Crippen LogP contribution in [-0.2, 0) is 0 Å². The fourth-order valence-corrected chi connectivity index (χ4v) is 2.65. The second kappa shape index (κ2) is 5.38. The molecule has 2 heterocycles. The van der Waals surface area contributed by atoms with E-state index in [4.69, 9.17) is 17.4 Å². The predicted octanol–water partition coefficient (Wildman–Crippen LogP) is 2.55. The van der Waals surface area contributed by atoms with Gasteiger partial charge in [0.05, 0.1) is 5.56 Å². The highest BCUT2D eigenvalue weighted by Crippen LogP contribution is 2.26. The van der Waals surface area contributed by atoms with E-state index in [0.29, 0.717) is 32.3 Å². The van der Waals surface area contributed by atoms with Gasteiger partial charge in [0.2, 0.25) is 0 Å². The van der Waals surface area contributed by atoms with Crippen LogP contribution in [0, 0.1) is 0 Å². The first-order valence-electron chi connectivity index (χ1n) is 6.08. The van der Waals surface area contributed by atoms with Crippen LogP contribution >= 0.6 is 23.4 Å². The van der Waals surface area contributed by atoms with Crippen LogP contribution in [0.2, 0.25) is 5.02 Å². The second-order valence-electron chi connectivity index (χ2n) is 4.35. The van der Waals surface area contributed by atoms with Gasteiger partial charge in [0, 0.05) is 22.2 Å². The summed E-state index contributed by atoms with van der Waals surface area (Å²) in [6, 6.07) is 8.85. The fraction of sp³-hybridized carbons (Fsp3) is 0.0714. The van der Waals surface area contributed by atoms with E-state index in [9.17, 15) is 4.79 Å². The van der Waals surface area contributed by atoms with Crippen LogP contribution in [0.25, 0.3) is 22.2 Å². The highest BCUT2D eigenvalue weighted by atomic mass is 35.5. The third kappa shape index (κ3) is 2.36. The van der Waals surface area contributed by atoms with E-state index in [2.05, 4.69) is 9.97 Å². The Morgan fingerprint density at radius 2 is 2.05 bits per heavy atom. The zero-order chi connectivity index (χ0) is 15.0. The molecular formula is C14H11ClN4OS. The maximum absolute atomic E-state index is 12.4. The summed E-state index contributed by atoms with van der Waals surface area (Å²) in [5.41, 5.74) is 1.12. The van der Waals surface area contributed by atoms with Crippen molar-refractivity contribution >= 4 is 34.4 Å². The van der Waals surface area contributed by atoms with E-state index in [1.807, 2.05) is 18.4 Å². The number of fused-ring (bicyclic) bond motifs is 1. The molecule has 0 atom stereocenters. The number of benzene rings is 1. The van der Waals surface area contributed by atoms with Gasteiger partial charge < -0.3 is 5.84 Å². The van der Waals surface area contributed by atoms with Crippen LogP contribution in [0.5, 0.6) is 0 Å². The first kappa shape index (κ1) is 13.9. The van der Waals surface area contributed by atoms with Crippen molar-refractivity contribution < 1.29 is 0 Å². The number of nitrogens with zero attached hydrogens (tertiary/aromatic N) is 3. The van der Waals surface area contributed by atoms with Crippen LogP contribution in [0.4, 0.5) is 0 Å². The third-order valence-corrected chi connectivity index (χ3v) is 3.99. The van der Waals surface area contributed by atoms with Crippen molar-refractivity contribution in [3.63, 3.8) is 0 Å². The van der Waals surface area contributed by atoms with Crippen LogP contribution in [0.1, 0.15) is 0 Å². The molecule has 2 aromatic heterocycles. The van der Waals surface area contributed by atoms with Gasteiger partial charge in [-0.3, -0.25) is 4.79 Å². The molecule has 0 aliphatic rings. The molecule has 5 nitrogen and oxygen atoms in total. The number of rotatable bonds is 2. The summed E-state index contributed by atoms with van der Waals surface area (Å²) in [5.74, 6) is 5.89. The first-order valence-corrected chi connectivity index (χ1v) is 7.69. The summed E-state index contributed by atoms with van der Waals surface area (Å²) in [7, 11) is 0. The minimum Gasteiger partial charge on any atom is -0.334 e. The van der Waals surface area contributed by atoms with Gasteiger partial charge in [0.15, 0.2) is 10.8 Å². The predicted molar refractivity (Wildman–Crippen MR) is 86.2 cm³/mol. The van der Waals surface area contributed by atoms with Gasteiger partial charge in [-0.15, -0.1) is 0 Å². The van der Waals surface area contributed by atoms with Crippen molar-refractivity contribution in [1.29, 1.82) is 0 Å². The third-order valence-electron chi connectivity index (χ3n) is 3.10. The molecule has 0 bridgehead atoms. The van der Waals surface area contributed by atoms with E-state index in [0.717, 1.165) is 4.68 Å². The van der Waals surface area contributed by atoms with Crippen LogP contribution in [0.15, 0.2) is 46.5 Å². The quantitative estimate of drug-likeness (QED) is 0.446. The standard InChI is InChI=1S/C14H11ClN4OS/c1-21-14-17-7-8-6-10(9-4-2-3-5-11(9)15)13(20)19(16)12(8)18-14/h2-7H,16H2,1H3. The Bertz CT molecular complexity index is 894. The minimum absolute atomic E-state index is 0.346. The Balaban J connectivity index is 2.34. The smallest absolute Gasteiger partial charge is 0.278 e. The molecule has 0 amide bonds. The summed E-state index contributed by atoms with van der Waals surface area (Å²) < 4.78 is 1.04. The lowest BCUT2D eigenvalue weighted by atomic mass is 10.1. The lowest BCUT2D eigenvalue weighted by Gasteiger charge is -2.09. The lowest BCUT2D eigenvalue weighted by Crippen LogP contribution is -2.29. The van der Waals surface area contributed by atoms with Gasteiger partial charge in [-0.1, -0.05) is 41.6 Å². The molecule has 3 aromatic rings. The maximum atomic E-state index is 12.4. The van der Waals surface area contributed by atoms with Crippen molar-refractivity contribution in [2.45, 2.75) is 5.16 Å². The molecule has 2 N–H and O–H groups in total. The maximum Gasteiger partial charge on any atom is 0.278 e. The highest BCUT2D eigenvalue weighted by molar-refractivity contribution is 7.98. The van der Waals surface area contributed by atoms with Crippen LogP contribution in [0.3, 0.4) is 0 Å². The van der Waals surface area contributed by atoms with Crippen molar-refractivity contribution in [2.24, 2.45) is 0 Å². The molecule has 0 aliphatic carbocycles. The Hall–Kier alpha value is -2.05. The summed E-state index contributed by atoms with van der Waals surface area (Å²) >= 11 is 7.55. The number of thioether (sulfide) groups is 1. The molecule has 3 rings (SSSR count). The number of aromatic nitrogens is 3. The van der Waals surface area contributed by atoms with E-state index in [1.165, 1.54) is 11.8 Å². The van der Waals surface area contributed by atoms with E-state index in [1.54, 1.807) is 24.4 Å². The summed E-state index contributed by atoms with van der Waals surface area (Å²) in [5, 5.41) is 1.74. The molecule has 0 saturated heterocycles. The van der Waals surface area contributed by atoms with Gasteiger partial charge >= 0.3 is 0 Å². The number of halogens is 1. The number of nitrogens with two attached hydrogens (primary N) is 1. The number of pyridine rings is 1. The van der Waals surface area contributed by atoms with Crippen LogP contribution < -0.4 is 11.4 Å². The average Bonchev–Trinajstić information content (AvgIpc) is 2.51. The molecule has 0 unspecified atom stereocenters. The Labute approximate surface area is 129 Å². The molecule has 0 saturated carbocycles. The molecule has 0 radical (unpaired) electrons.